The van der Waals surface area contributed by atoms with Gasteiger partial charge in [0.05, 0.1) is 12.7 Å². The normalized spacial score (nSPS) is 23.9. The zero-order chi connectivity index (χ0) is 18.9. The minimum Gasteiger partial charge on any atom is -0.385 e. The summed E-state index contributed by atoms with van der Waals surface area (Å²) in [7, 11) is 0. The van der Waals surface area contributed by atoms with Crippen LogP contribution in [0.4, 0.5) is 10.6 Å². The van der Waals surface area contributed by atoms with E-state index < -0.39 is 11.6 Å². The van der Waals surface area contributed by atoms with E-state index in [2.05, 4.69) is 21.3 Å². The molecule has 1 saturated carbocycles. The minimum absolute atomic E-state index is 0.0894. The highest BCUT2D eigenvalue weighted by Crippen LogP contribution is 2.34. The molecule has 146 valence electrons. The average molecular weight is 375 g/mol. The lowest BCUT2D eigenvalue weighted by atomic mass is 9.98. The lowest BCUT2D eigenvalue weighted by Gasteiger charge is -2.30. The second-order valence-electron chi connectivity index (χ2n) is 7.98. The van der Waals surface area contributed by atoms with Crippen LogP contribution < -0.4 is 20.1 Å². The zero-order valence-corrected chi connectivity index (χ0v) is 15.6. The van der Waals surface area contributed by atoms with Gasteiger partial charge in [-0.2, -0.15) is 0 Å². The number of hydrogen-bond donors (Lipinski definition) is 3. The van der Waals surface area contributed by atoms with Crippen LogP contribution in [0.3, 0.4) is 0 Å². The maximum absolute atomic E-state index is 12.7. The SMILES string of the molecule is O=C1NC2(CCCC2)C(=O)N1C[C@@H](O)C[NH+]1CCN(c2cccc[nH+]2)CC1. The van der Waals surface area contributed by atoms with E-state index in [1.165, 1.54) is 9.80 Å². The van der Waals surface area contributed by atoms with Crippen LogP contribution >= 0.6 is 0 Å². The molecule has 3 heterocycles. The van der Waals surface area contributed by atoms with Gasteiger partial charge in [0.1, 0.15) is 44.4 Å². The van der Waals surface area contributed by atoms with E-state index >= 15 is 0 Å². The van der Waals surface area contributed by atoms with Crippen LogP contribution in [0.2, 0.25) is 0 Å². The second-order valence-corrected chi connectivity index (χ2v) is 7.98. The number of β-amino-alcohol motifs (C(OH)–C–C–N with tert-alkyl or cyclic N) is 1. The summed E-state index contributed by atoms with van der Waals surface area (Å²) in [6.07, 6.45) is 4.60. The van der Waals surface area contributed by atoms with Crippen molar-refractivity contribution in [2.24, 2.45) is 0 Å². The molecule has 3 aliphatic rings. The molecule has 1 spiro atoms. The fraction of sp³-hybridized carbons (Fsp3) is 0.632. The van der Waals surface area contributed by atoms with E-state index in [1.807, 2.05) is 18.3 Å². The first-order chi connectivity index (χ1) is 13.1. The molecule has 3 amide bonds. The number of pyridine rings is 1. The van der Waals surface area contributed by atoms with E-state index in [9.17, 15) is 14.7 Å². The topological polar surface area (TPSA) is 91.5 Å². The van der Waals surface area contributed by atoms with Gasteiger partial charge in [-0.25, -0.2) is 9.78 Å². The average Bonchev–Trinajstić information content (AvgIpc) is 3.24. The van der Waals surface area contributed by atoms with Crippen molar-refractivity contribution >= 4 is 17.8 Å². The van der Waals surface area contributed by atoms with Crippen molar-refractivity contribution < 1.29 is 24.6 Å². The third-order valence-corrected chi connectivity index (χ3v) is 6.12. The summed E-state index contributed by atoms with van der Waals surface area (Å²) in [6, 6.07) is 5.70. The molecule has 27 heavy (non-hydrogen) atoms. The summed E-state index contributed by atoms with van der Waals surface area (Å²) in [6.45, 7) is 4.31. The lowest BCUT2D eigenvalue weighted by molar-refractivity contribution is -0.903. The first-order valence-electron chi connectivity index (χ1n) is 9.95. The Balaban J connectivity index is 1.27. The van der Waals surface area contributed by atoms with Crippen LogP contribution in [-0.2, 0) is 4.79 Å². The van der Waals surface area contributed by atoms with Gasteiger partial charge in [0, 0.05) is 6.07 Å². The number of urea groups is 1. The maximum Gasteiger partial charge on any atom is 0.325 e. The molecule has 8 nitrogen and oxygen atoms in total. The number of aliphatic hydroxyl groups is 1. The summed E-state index contributed by atoms with van der Waals surface area (Å²) in [4.78, 5) is 33.0. The molecule has 3 fully saturated rings. The van der Waals surface area contributed by atoms with Gasteiger partial charge in [-0.05, 0) is 18.9 Å². The Kier molecular flexibility index (Phi) is 5.01. The Morgan fingerprint density at radius 2 is 1.96 bits per heavy atom. The van der Waals surface area contributed by atoms with Gasteiger partial charge in [0.2, 0.25) is 0 Å². The number of aliphatic hydroxyl groups excluding tert-OH is 1. The van der Waals surface area contributed by atoms with Gasteiger partial charge in [-0.3, -0.25) is 14.6 Å². The largest absolute Gasteiger partial charge is 0.385 e. The molecule has 0 aromatic carbocycles. The quantitative estimate of drug-likeness (QED) is 0.543. The van der Waals surface area contributed by atoms with Gasteiger partial charge in [-0.1, -0.05) is 18.9 Å². The number of nitrogens with one attached hydrogen (secondary N) is 3. The number of hydrogen-bond acceptors (Lipinski definition) is 4. The Labute approximate surface area is 159 Å². The molecule has 2 aliphatic heterocycles. The van der Waals surface area contributed by atoms with Gasteiger partial charge >= 0.3 is 6.03 Å². The smallest absolute Gasteiger partial charge is 0.325 e. The first kappa shape index (κ1) is 18.2. The number of carbonyl (C=O) groups is 2. The van der Waals surface area contributed by atoms with Crippen LogP contribution in [0.1, 0.15) is 25.7 Å². The van der Waals surface area contributed by atoms with Gasteiger partial charge in [0.15, 0.2) is 0 Å². The molecule has 1 aliphatic carbocycles. The number of aromatic nitrogens is 1. The van der Waals surface area contributed by atoms with Crippen LogP contribution in [0.25, 0.3) is 0 Å². The highest BCUT2D eigenvalue weighted by molar-refractivity contribution is 6.07. The van der Waals surface area contributed by atoms with Crippen molar-refractivity contribution in [1.29, 1.82) is 0 Å². The zero-order valence-electron chi connectivity index (χ0n) is 15.6. The summed E-state index contributed by atoms with van der Waals surface area (Å²) >= 11 is 0. The predicted molar refractivity (Wildman–Crippen MR) is 98.2 cm³/mol. The fourth-order valence-electron chi connectivity index (χ4n) is 4.62. The van der Waals surface area contributed by atoms with E-state index in [0.29, 0.717) is 19.4 Å². The van der Waals surface area contributed by atoms with Crippen molar-refractivity contribution in [2.45, 2.75) is 37.3 Å². The monoisotopic (exact) mass is 375 g/mol. The molecule has 0 bridgehead atoms. The van der Waals surface area contributed by atoms with E-state index in [0.717, 1.165) is 44.8 Å². The number of rotatable bonds is 5. The molecule has 4 rings (SSSR count). The molecule has 1 aromatic heterocycles. The summed E-state index contributed by atoms with van der Waals surface area (Å²) in [5.74, 6) is 0.960. The number of amides is 3. The molecule has 1 atom stereocenters. The Morgan fingerprint density at radius 3 is 2.63 bits per heavy atom. The lowest BCUT2D eigenvalue weighted by Crippen LogP contribution is -3.16. The second kappa shape index (κ2) is 7.44. The van der Waals surface area contributed by atoms with Crippen molar-refractivity contribution in [1.82, 2.24) is 10.2 Å². The molecular weight excluding hydrogens is 346 g/mol. The Hall–Kier alpha value is -2.19. The molecule has 0 unspecified atom stereocenters. The number of quaternary nitrogens is 1. The highest BCUT2D eigenvalue weighted by atomic mass is 16.3. The van der Waals surface area contributed by atoms with Gasteiger partial charge in [-0.15, -0.1) is 0 Å². The summed E-state index contributed by atoms with van der Waals surface area (Å²) in [5.41, 5.74) is -0.693. The van der Waals surface area contributed by atoms with Gasteiger partial charge in [0.25, 0.3) is 11.7 Å². The maximum atomic E-state index is 12.7. The van der Waals surface area contributed by atoms with Crippen molar-refractivity contribution in [3.8, 4) is 0 Å². The van der Waals surface area contributed by atoms with Crippen molar-refractivity contribution in [3.05, 3.63) is 24.4 Å². The minimum atomic E-state index is -0.693. The molecule has 4 N–H and O–H groups in total. The number of anilines is 1. The number of carbonyl (C=O) groups excluding carboxylic acids is 2. The first-order valence-corrected chi connectivity index (χ1v) is 9.95. The van der Waals surface area contributed by atoms with Crippen LogP contribution in [0.15, 0.2) is 24.4 Å². The van der Waals surface area contributed by atoms with E-state index in [4.69, 9.17) is 0 Å². The van der Waals surface area contributed by atoms with Crippen molar-refractivity contribution in [3.63, 3.8) is 0 Å². The molecule has 1 aromatic rings. The Bertz CT molecular complexity index is 684. The fourth-order valence-corrected chi connectivity index (χ4v) is 4.62. The van der Waals surface area contributed by atoms with E-state index in [-0.39, 0.29) is 18.5 Å². The van der Waals surface area contributed by atoms with Crippen LogP contribution in [0, 0.1) is 0 Å². The number of nitrogens with zero attached hydrogens (tertiary/aromatic N) is 2. The summed E-state index contributed by atoms with van der Waals surface area (Å²) in [5, 5.41) is 13.4. The van der Waals surface area contributed by atoms with E-state index in [1.54, 1.807) is 0 Å². The highest BCUT2D eigenvalue weighted by Gasteiger charge is 2.52. The number of aromatic amines is 1. The number of piperazine rings is 1. The van der Waals surface area contributed by atoms with Crippen LogP contribution in [-0.4, -0.2) is 72.9 Å². The van der Waals surface area contributed by atoms with Gasteiger partial charge < -0.3 is 15.3 Å². The molecular formula is C19H29N5O3+2. The molecule has 2 saturated heterocycles. The summed E-state index contributed by atoms with van der Waals surface area (Å²) < 4.78 is 0. The molecule has 8 heteroatoms. The number of imide groups is 1. The standard InChI is InChI=1S/C19H27N5O3/c25-15(14-24-17(26)19(21-18(24)27)6-2-3-7-19)13-22-9-11-23(12-10-22)16-5-1-4-8-20-16/h1,4-5,8,15,25H,2-3,6-7,9-14H2,(H,21,27)/p+2/t15-/m0/s1. The molecule has 0 radical (unpaired) electrons. The predicted octanol–water partition coefficient (Wildman–Crippen LogP) is -1.57. The third-order valence-electron chi connectivity index (χ3n) is 6.12. The Morgan fingerprint density at radius 1 is 1.22 bits per heavy atom. The number of H-pyrrole nitrogens is 1. The third kappa shape index (κ3) is 3.64. The van der Waals surface area contributed by atoms with Crippen molar-refractivity contribution in [2.75, 3.05) is 44.2 Å². The van der Waals surface area contributed by atoms with Crippen LogP contribution in [0.5, 0.6) is 0 Å².